The summed E-state index contributed by atoms with van der Waals surface area (Å²) in [6.07, 6.45) is 8.61. The van der Waals surface area contributed by atoms with Crippen molar-refractivity contribution in [1.82, 2.24) is 4.98 Å². The standard InChI is InChI=1S/C13H20N2/c1-10-4-5-13(14)8-12(10)7-11-3-2-6-15-9-11/h2-3,6,9-10,12-13H,4-5,7-8,14H2,1H3. The van der Waals surface area contributed by atoms with Crippen LogP contribution in [0.25, 0.3) is 0 Å². The molecule has 0 spiro atoms. The monoisotopic (exact) mass is 204 g/mol. The van der Waals surface area contributed by atoms with Gasteiger partial charge in [-0.3, -0.25) is 4.98 Å². The van der Waals surface area contributed by atoms with Crippen molar-refractivity contribution < 1.29 is 0 Å². The minimum atomic E-state index is 0.419. The Morgan fingerprint density at radius 2 is 2.33 bits per heavy atom. The third-order valence-electron chi connectivity index (χ3n) is 3.62. The van der Waals surface area contributed by atoms with Crippen molar-refractivity contribution >= 4 is 0 Å². The normalized spacial score (nSPS) is 31.5. The third-order valence-corrected chi connectivity index (χ3v) is 3.62. The van der Waals surface area contributed by atoms with Gasteiger partial charge in [-0.25, -0.2) is 0 Å². The van der Waals surface area contributed by atoms with Crippen molar-refractivity contribution in [3.63, 3.8) is 0 Å². The molecule has 3 unspecified atom stereocenters. The summed E-state index contributed by atoms with van der Waals surface area (Å²) in [5.41, 5.74) is 7.38. The summed E-state index contributed by atoms with van der Waals surface area (Å²) < 4.78 is 0. The lowest BCUT2D eigenvalue weighted by molar-refractivity contribution is 0.231. The molecule has 15 heavy (non-hydrogen) atoms. The second-order valence-corrected chi connectivity index (χ2v) is 4.88. The molecule has 3 atom stereocenters. The van der Waals surface area contributed by atoms with E-state index in [1.54, 1.807) is 0 Å². The predicted molar refractivity (Wildman–Crippen MR) is 62.4 cm³/mol. The van der Waals surface area contributed by atoms with Crippen LogP contribution in [0.4, 0.5) is 0 Å². The molecule has 1 saturated carbocycles. The minimum absolute atomic E-state index is 0.419. The van der Waals surface area contributed by atoms with Gasteiger partial charge < -0.3 is 5.73 Å². The summed E-state index contributed by atoms with van der Waals surface area (Å²) in [4.78, 5) is 4.16. The van der Waals surface area contributed by atoms with Crippen LogP contribution in [0.5, 0.6) is 0 Å². The fraction of sp³-hybridized carbons (Fsp3) is 0.615. The molecule has 2 rings (SSSR count). The summed E-state index contributed by atoms with van der Waals surface area (Å²) >= 11 is 0. The molecular formula is C13H20N2. The Morgan fingerprint density at radius 3 is 3.07 bits per heavy atom. The summed E-state index contributed by atoms with van der Waals surface area (Å²) in [5.74, 6) is 1.56. The quantitative estimate of drug-likeness (QED) is 0.803. The molecular weight excluding hydrogens is 184 g/mol. The van der Waals surface area contributed by atoms with Gasteiger partial charge in [-0.05, 0) is 49.1 Å². The maximum absolute atomic E-state index is 6.03. The zero-order valence-corrected chi connectivity index (χ0v) is 9.39. The van der Waals surface area contributed by atoms with Gasteiger partial charge in [-0.1, -0.05) is 13.0 Å². The van der Waals surface area contributed by atoms with Crippen LogP contribution in [0.3, 0.4) is 0 Å². The first-order valence-corrected chi connectivity index (χ1v) is 5.90. The number of aromatic nitrogens is 1. The summed E-state index contributed by atoms with van der Waals surface area (Å²) in [6.45, 7) is 2.35. The SMILES string of the molecule is CC1CCC(N)CC1Cc1cccnc1. The molecule has 82 valence electrons. The first-order valence-electron chi connectivity index (χ1n) is 5.90. The Morgan fingerprint density at radius 1 is 1.47 bits per heavy atom. The first kappa shape index (κ1) is 10.6. The lowest BCUT2D eigenvalue weighted by atomic mass is 9.75. The molecule has 0 aromatic carbocycles. The zero-order valence-electron chi connectivity index (χ0n) is 9.39. The van der Waals surface area contributed by atoms with E-state index in [1.165, 1.54) is 24.8 Å². The lowest BCUT2D eigenvalue weighted by Crippen LogP contribution is -2.33. The van der Waals surface area contributed by atoms with Crippen LogP contribution in [0.1, 0.15) is 31.7 Å². The van der Waals surface area contributed by atoms with E-state index in [-0.39, 0.29) is 0 Å². The third kappa shape index (κ3) is 2.78. The highest BCUT2D eigenvalue weighted by molar-refractivity contribution is 5.09. The molecule has 0 aliphatic heterocycles. The van der Waals surface area contributed by atoms with E-state index in [1.807, 2.05) is 18.5 Å². The molecule has 2 nitrogen and oxygen atoms in total. The number of hydrogen-bond acceptors (Lipinski definition) is 2. The van der Waals surface area contributed by atoms with Crippen LogP contribution >= 0.6 is 0 Å². The van der Waals surface area contributed by atoms with Crippen LogP contribution in [-0.2, 0) is 6.42 Å². The Hall–Kier alpha value is -0.890. The van der Waals surface area contributed by atoms with Crippen LogP contribution in [-0.4, -0.2) is 11.0 Å². The number of nitrogens with zero attached hydrogens (tertiary/aromatic N) is 1. The molecule has 1 aromatic heterocycles. The van der Waals surface area contributed by atoms with Gasteiger partial charge in [0.1, 0.15) is 0 Å². The second kappa shape index (κ2) is 4.75. The Balaban J connectivity index is 1.98. The fourth-order valence-electron chi connectivity index (χ4n) is 2.56. The van der Waals surface area contributed by atoms with Gasteiger partial charge in [0.2, 0.25) is 0 Å². The van der Waals surface area contributed by atoms with Crippen LogP contribution in [0.15, 0.2) is 24.5 Å². The fourth-order valence-corrected chi connectivity index (χ4v) is 2.56. The molecule has 0 amide bonds. The van der Waals surface area contributed by atoms with Crippen molar-refractivity contribution in [2.45, 2.75) is 38.6 Å². The van der Waals surface area contributed by atoms with Crippen molar-refractivity contribution in [3.05, 3.63) is 30.1 Å². The minimum Gasteiger partial charge on any atom is -0.328 e. The maximum atomic E-state index is 6.03. The lowest BCUT2D eigenvalue weighted by Gasteiger charge is -2.32. The molecule has 2 heteroatoms. The van der Waals surface area contributed by atoms with Gasteiger partial charge in [0.25, 0.3) is 0 Å². The van der Waals surface area contributed by atoms with Crippen molar-refractivity contribution in [2.75, 3.05) is 0 Å². The Bertz CT molecular complexity index is 297. The largest absolute Gasteiger partial charge is 0.328 e. The molecule has 1 aliphatic rings. The molecule has 1 aliphatic carbocycles. The van der Waals surface area contributed by atoms with Crippen molar-refractivity contribution in [3.8, 4) is 0 Å². The number of pyridine rings is 1. The molecule has 0 saturated heterocycles. The van der Waals surface area contributed by atoms with E-state index < -0.39 is 0 Å². The predicted octanol–water partition coefficient (Wildman–Crippen LogP) is 2.39. The highest BCUT2D eigenvalue weighted by atomic mass is 14.6. The average Bonchev–Trinajstić information content (AvgIpc) is 2.25. The molecule has 0 bridgehead atoms. The zero-order chi connectivity index (χ0) is 10.7. The van der Waals surface area contributed by atoms with E-state index in [2.05, 4.69) is 18.0 Å². The molecule has 2 N–H and O–H groups in total. The molecule has 1 aromatic rings. The highest BCUT2D eigenvalue weighted by Crippen LogP contribution is 2.31. The number of rotatable bonds is 2. The topological polar surface area (TPSA) is 38.9 Å². The Kier molecular flexibility index (Phi) is 3.37. The van der Waals surface area contributed by atoms with Gasteiger partial charge in [-0.15, -0.1) is 0 Å². The van der Waals surface area contributed by atoms with E-state index in [0.717, 1.165) is 18.3 Å². The average molecular weight is 204 g/mol. The number of hydrogen-bond donors (Lipinski definition) is 1. The molecule has 0 radical (unpaired) electrons. The second-order valence-electron chi connectivity index (χ2n) is 4.88. The van der Waals surface area contributed by atoms with E-state index in [9.17, 15) is 0 Å². The van der Waals surface area contributed by atoms with E-state index in [4.69, 9.17) is 5.73 Å². The highest BCUT2D eigenvalue weighted by Gasteiger charge is 2.25. The van der Waals surface area contributed by atoms with Crippen LogP contribution in [0, 0.1) is 11.8 Å². The van der Waals surface area contributed by atoms with Gasteiger partial charge in [0, 0.05) is 18.4 Å². The van der Waals surface area contributed by atoms with Crippen LogP contribution < -0.4 is 5.73 Å². The first-order chi connectivity index (χ1) is 7.25. The molecule has 1 fully saturated rings. The van der Waals surface area contributed by atoms with E-state index in [0.29, 0.717) is 6.04 Å². The van der Waals surface area contributed by atoms with Crippen molar-refractivity contribution in [2.24, 2.45) is 17.6 Å². The van der Waals surface area contributed by atoms with Gasteiger partial charge >= 0.3 is 0 Å². The summed E-state index contributed by atoms with van der Waals surface area (Å²) in [7, 11) is 0. The molecule has 1 heterocycles. The van der Waals surface area contributed by atoms with Gasteiger partial charge in [-0.2, -0.15) is 0 Å². The van der Waals surface area contributed by atoms with E-state index >= 15 is 0 Å². The maximum Gasteiger partial charge on any atom is 0.0299 e. The van der Waals surface area contributed by atoms with Gasteiger partial charge in [0.05, 0.1) is 0 Å². The smallest absolute Gasteiger partial charge is 0.0299 e. The van der Waals surface area contributed by atoms with Crippen LogP contribution in [0.2, 0.25) is 0 Å². The summed E-state index contributed by atoms with van der Waals surface area (Å²) in [6, 6.07) is 4.60. The van der Waals surface area contributed by atoms with Crippen molar-refractivity contribution in [1.29, 1.82) is 0 Å². The number of nitrogens with two attached hydrogens (primary N) is 1. The van der Waals surface area contributed by atoms with Gasteiger partial charge in [0.15, 0.2) is 0 Å². The Labute approximate surface area is 91.9 Å². The summed E-state index contributed by atoms with van der Waals surface area (Å²) in [5, 5.41) is 0.